The first-order chi connectivity index (χ1) is 15.6. The number of carbonyl (C=O) groups is 2. The van der Waals surface area contributed by atoms with Gasteiger partial charge < -0.3 is 29.0 Å². The van der Waals surface area contributed by atoms with Crippen molar-refractivity contribution < 1.29 is 28.4 Å². The zero-order chi connectivity index (χ0) is 25.8. The van der Waals surface area contributed by atoms with Gasteiger partial charge in [0.05, 0.1) is 29.5 Å². The lowest BCUT2D eigenvalue weighted by Gasteiger charge is -2.39. The molecule has 5 atom stereocenters. The van der Waals surface area contributed by atoms with E-state index in [0.29, 0.717) is 0 Å². The minimum Gasteiger partial charge on any atom is -0.442 e. The van der Waals surface area contributed by atoms with Crippen molar-refractivity contribution in [1.29, 1.82) is 0 Å². The van der Waals surface area contributed by atoms with Gasteiger partial charge in [-0.1, -0.05) is 13.0 Å². The number of hydrogen-bond donors (Lipinski definition) is 1. The fourth-order valence-corrected chi connectivity index (χ4v) is 3.90. The van der Waals surface area contributed by atoms with E-state index in [-0.39, 0.29) is 48.4 Å². The van der Waals surface area contributed by atoms with E-state index in [2.05, 4.69) is 46.0 Å². The molecule has 2 rings (SSSR count). The van der Waals surface area contributed by atoms with Gasteiger partial charge in [-0.05, 0) is 78.8 Å². The van der Waals surface area contributed by atoms with Gasteiger partial charge >= 0.3 is 13.2 Å². The number of carbonyl (C=O) groups excluding carboxylic acids is 2. The second-order valence-corrected chi connectivity index (χ2v) is 10.8. The summed E-state index contributed by atoms with van der Waals surface area (Å²) in [6.07, 6.45) is 5.70. The average Bonchev–Trinajstić information content (AvgIpc) is 2.94. The Morgan fingerprint density at radius 1 is 1.18 bits per heavy atom. The number of ether oxygens (including phenoxy) is 2. The minimum absolute atomic E-state index is 0.0570. The van der Waals surface area contributed by atoms with Crippen LogP contribution in [0.25, 0.3) is 0 Å². The molecule has 0 saturated carbocycles. The Balaban J connectivity index is 1.86. The Morgan fingerprint density at radius 2 is 1.76 bits per heavy atom. The van der Waals surface area contributed by atoms with Crippen LogP contribution in [0.5, 0.6) is 0 Å². The Bertz CT molecular complexity index is 778. The molecule has 34 heavy (non-hydrogen) atoms. The van der Waals surface area contributed by atoms with E-state index in [1.54, 1.807) is 27.1 Å². The first-order valence-corrected chi connectivity index (χ1v) is 12.2. The van der Waals surface area contributed by atoms with Crippen molar-refractivity contribution in [2.24, 2.45) is 5.92 Å². The first kappa shape index (κ1) is 28.4. The highest BCUT2D eigenvalue weighted by atomic mass is 16.7. The normalized spacial score (nSPS) is 29.7. The van der Waals surface area contributed by atoms with Crippen LogP contribution in [0.2, 0.25) is 0 Å². The molecular weight excluding hydrogens is 435 g/mol. The smallest absolute Gasteiger partial charge is 0.442 e. The van der Waals surface area contributed by atoms with Crippen LogP contribution in [0.3, 0.4) is 0 Å². The highest BCUT2D eigenvalue weighted by Crippen LogP contribution is 2.38. The SMILES string of the molecule is C/C(=C\C[C@@H]1O[C@H](C)[C@H](NC(=O)/C=C\C(C)OC(=O)N(C)C)C[C@@H]1C)B1OC(C)(C)C(C)(C)O1. The minimum atomic E-state index is -0.497. The van der Waals surface area contributed by atoms with E-state index in [1.165, 1.54) is 11.0 Å². The van der Waals surface area contributed by atoms with Gasteiger partial charge in [-0.2, -0.15) is 0 Å². The van der Waals surface area contributed by atoms with Crippen molar-refractivity contribution >= 4 is 19.1 Å². The summed E-state index contributed by atoms with van der Waals surface area (Å²) >= 11 is 0. The van der Waals surface area contributed by atoms with Crippen molar-refractivity contribution in [3.63, 3.8) is 0 Å². The Labute approximate surface area is 205 Å². The standard InChI is InChI=1S/C25H43BN2O6/c1-16-15-20(27-22(29)14-12-18(3)31-23(30)28(9)10)19(4)32-21(16)13-11-17(2)26-33-24(5,6)25(7,8)34-26/h11-12,14,16,18-21H,13,15H2,1-10H3,(H,27,29)/b14-12-,17-11+/t16-,18?,19+,20+,21-/m0/s1. The van der Waals surface area contributed by atoms with Crippen molar-refractivity contribution in [1.82, 2.24) is 10.2 Å². The van der Waals surface area contributed by atoms with Crippen LogP contribution in [0.15, 0.2) is 23.7 Å². The second-order valence-electron chi connectivity index (χ2n) is 10.8. The van der Waals surface area contributed by atoms with E-state index >= 15 is 0 Å². The van der Waals surface area contributed by atoms with Gasteiger partial charge in [0.1, 0.15) is 6.10 Å². The fourth-order valence-electron chi connectivity index (χ4n) is 3.90. The van der Waals surface area contributed by atoms with Crippen LogP contribution in [-0.2, 0) is 23.6 Å². The molecule has 2 aliphatic heterocycles. The first-order valence-electron chi connectivity index (χ1n) is 12.2. The van der Waals surface area contributed by atoms with Crippen LogP contribution in [0, 0.1) is 5.92 Å². The second kappa shape index (κ2) is 11.3. The van der Waals surface area contributed by atoms with Crippen LogP contribution < -0.4 is 5.32 Å². The summed E-state index contributed by atoms with van der Waals surface area (Å²) < 4.78 is 23.7. The number of amides is 2. The van der Waals surface area contributed by atoms with Crippen LogP contribution in [0.4, 0.5) is 4.79 Å². The summed E-state index contributed by atoms with van der Waals surface area (Å²) in [5, 5.41) is 3.02. The van der Waals surface area contributed by atoms with Gasteiger partial charge in [0.2, 0.25) is 5.91 Å². The number of rotatable bonds is 7. The summed E-state index contributed by atoms with van der Waals surface area (Å²) in [5.74, 6) is 0.0446. The zero-order valence-corrected chi connectivity index (χ0v) is 22.5. The predicted molar refractivity (Wildman–Crippen MR) is 133 cm³/mol. The molecule has 1 N–H and O–H groups in total. The Hall–Kier alpha value is -1.84. The highest BCUT2D eigenvalue weighted by molar-refractivity contribution is 6.54. The maximum Gasteiger partial charge on any atom is 0.489 e. The highest BCUT2D eigenvalue weighted by Gasteiger charge is 2.51. The van der Waals surface area contributed by atoms with Crippen molar-refractivity contribution in [3.8, 4) is 0 Å². The summed E-state index contributed by atoms with van der Waals surface area (Å²) in [6.45, 7) is 16.1. The van der Waals surface area contributed by atoms with E-state index in [9.17, 15) is 9.59 Å². The van der Waals surface area contributed by atoms with Gasteiger partial charge in [-0.25, -0.2) is 4.79 Å². The number of nitrogens with one attached hydrogen (secondary N) is 1. The number of allylic oxidation sites excluding steroid dienone is 1. The summed E-state index contributed by atoms with van der Waals surface area (Å²) in [7, 11) is 2.87. The molecule has 8 nitrogen and oxygen atoms in total. The predicted octanol–water partition coefficient (Wildman–Crippen LogP) is 3.90. The van der Waals surface area contributed by atoms with Crippen molar-refractivity contribution in [2.75, 3.05) is 14.1 Å². The molecule has 0 aromatic heterocycles. The summed E-state index contributed by atoms with van der Waals surface area (Å²) in [4.78, 5) is 25.3. The topological polar surface area (TPSA) is 86.3 Å². The Morgan fingerprint density at radius 3 is 2.32 bits per heavy atom. The van der Waals surface area contributed by atoms with Gasteiger partial charge in [0.25, 0.3) is 0 Å². The molecule has 0 spiro atoms. The summed E-state index contributed by atoms with van der Waals surface area (Å²) in [5.41, 5.74) is 0.329. The van der Waals surface area contributed by atoms with Crippen LogP contribution >= 0.6 is 0 Å². The molecule has 1 unspecified atom stereocenters. The molecule has 0 aromatic rings. The fraction of sp³-hybridized carbons (Fsp3) is 0.760. The molecular formula is C25H43BN2O6. The maximum atomic E-state index is 12.4. The quantitative estimate of drug-likeness (QED) is 0.441. The zero-order valence-electron chi connectivity index (χ0n) is 22.5. The van der Waals surface area contributed by atoms with Crippen molar-refractivity contribution in [3.05, 3.63) is 23.7 Å². The molecule has 0 aromatic carbocycles. The maximum absolute atomic E-state index is 12.4. The largest absolute Gasteiger partial charge is 0.489 e. The van der Waals surface area contributed by atoms with Crippen molar-refractivity contribution in [2.45, 2.75) is 104 Å². The van der Waals surface area contributed by atoms with E-state index < -0.39 is 12.2 Å². The average molecular weight is 478 g/mol. The molecule has 0 bridgehead atoms. The molecule has 2 amide bonds. The monoisotopic (exact) mass is 478 g/mol. The molecule has 192 valence electrons. The van der Waals surface area contributed by atoms with E-state index in [1.807, 2.05) is 13.8 Å². The molecule has 0 aliphatic carbocycles. The lowest BCUT2D eigenvalue weighted by atomic mass is 9.78. The van der Waals surface area contributed by atoms with Crippen LogP contribution in [0.1, 0.15) is 68.2 Å². The number of nitrogens with zero attached hydrogens (tertiary/aromatic N) is 1. The lowest BCUT2D eigenvalue weighted by molar-refractivity contribution is -0.123. The molecule has 9 heteroatoms. The summed E-state index contributed by atoms with van der Waals surface area (Å²) in [6, 6.07) is -0.0868. The lowest BCUT2D eigenvalue weighted by Crippen LogP contribution is -2.50. The van der Waals surface area contributed by atoms with E-state index in [0.717, 1.165) is 18.3 Å². The molecule has 0 radical (unpaired) electrons. The Kier molecular flexibility index (Phi) is 9.41. The third kappa shape index (κ3) is 7.33. The molecule has 2 saturated heterocycles. The molecule has 2 fully saturated rings. The van der Waals surface area contributed by atoms with Gasteiger partial charge in [0.15, 0.2) is 0 Å². The van der Waals surface area contributed by atoms with Crippen LogP contribution in [-0.4, -0.2) is 73.7 Å². The molecule has 2 heterocycles. The third-order valence-electron chi connectivity index (χ3n) is 7.01. The van der Waals surface area contributed by atoms with E-state index in [4.69, 9.17) is 18.8 Å². The van der Waals surface area contributed by atoms with Gasteiger partial charge in [0, 0.05) is 20.2 Å². The molecule has 2 aliphatic rings. The van der Waals surface area contributed by atoms with Gasteiger partial charge in [-0.3, -0.25) is 4.79 Å². The number of hydrogen-bond acceptors (Lipinski definition) is 6. The third-order valence-corrected chi connectivity index (χ3v) is 7.01. The van der Waals surface area contributed by atoms with Gasteiger partial charge in [-0.15, -0.1) is 0 Å².